The smallest absolute Gasteiger partial charge is 0.150 e. The summed E-state index contributed by atoms with van der Waals surface area (Å²) >= 11 is 0. The normalized spacial score (nSPS) is 23.8. The van der Waals surface area contributed by atoms with Crippen molar-refractivity contribution in [3.05, 3.63) is 63.7 Å². The van der Waals surface area contributed by atoms with E-state index in [1.54, 1.807) is 0 Å². The first kappa shape index (κ1) is 15.1. The van der Waals surface area contributed by atoms with Gasteiger partial charge in [-0.05, 0) is 61.6 Å². The van der Waals surface area contributed by atoms with E-state index in [0.717, 1.165) is 16.9 Å². The van der Waals surface area contributed by atoms with Crippen LogP contribution in [0.4, 0.5) is 0 Å². The zero-order valence-corrected chi connectivity index (χ0v) is 14.0. The van der Waals surface area contributed by atoms with Crippen LogP contribution in [0.2, 0.25) is 0 Å². The number of hydrogen-bond donors (Lipinski definition) is 1. The van der Waals surface area contributed by atoms with E-state index in [-0.39, 0.29) is 12.0 Å². The molecule has 2 aromatic carbocycles. The van der Waals surface area contributed by atoms with Crippen molar-refractivity contribution in [1.82, 2.24) is 0 Å². The molecule has 0 saturated carbocycles. The second-order valence-electron chi connectivity index (χ2n) is 6.66. The minimum atomic E-state index is -0.531. The van der Waals surface area contributed by atoms with Gasteiger partial charge in [0.15, 0.2) is 6.10 Å². The average molecular weight is 296 g/mol. The van der Waals surface area contributed by atoms with Gasteiger partial charge in [-0.2, -0.15) is 0 Å². The fourth-order valence-electron chi connectivity index (χ4n) is 3.47. The summed E-state index contributed by atoms with van der Waals surface area (Å²) in [5.74, 6) is 0.981. The molecule has 116 valence electrons. The maximum atomic E-state index is 10.8. The molecule has 3 atom stereocenters. The molecule has 2 aromatic rings. The molecule has 0 amide bonds. The molecule has 1 aliphatic rings. The van der Waals surface area contributed by atoms with Gasteiger partial charge in [0, 0.05) is 11.5 Å². The van der Waals surface area contributed by atoms with E-state index in [9.17, 15) is 5.11 Å². The molecule has 0 radical (unpaired) electrons. The summed E-state index contributed by atoms with van der Waals surface area (Å²) in [4.78, 5) is 0. The van der Waals surface area contributed by atoms with Gasteiger partial charge >= 0.3 is 0 Å². The summed E-state index contributed by atoms with van der Waals surface area (Å²) in [6.07, 6.45) is -0.834. The number of ether oxygens (including phenoxy) is 1. The number of rotatable bonds is 1. The van der Waals surface area contributed by atoms with Crippen molar-refractivity contribution in [2.24, 2.45) is 0 Å². The van der Waals surface area contributed by atoms with E-state index >= 15 is 0 Å². The molecule has 3 rings (SSSR count). The first-order valence-electron chi connectivity index (χ1n) is 7.91. The van der Waals surface area contributed by atoms with Crippen molar-refractivity contribution in [1.29, 1.82) is 0 Å². The molecular weight excluding hydrogens is 272 g/mol. The number of aliphatic hydroxyl groups excluding tert-OH is 1. The van der Waals surface area contributed by atoms with Crippen LogP contribution >= 0.6 is 0 Å². The standard InChI is InChI=1S/C20H24O2/c1-11-8-14(4)18-15(5)19(21)20(22-17(18)9-11)16-7-6-12(2)13(3)10-16/h6-10,15,19-21H,1-5H3/t15?,19-,20+/m0/s1. The van der Waals surface area contributed by atoms with Crippen molar-refractivity contribution in [2.45, 2.75) is 52.7 Å². The Balaban J connectivity index is 2.06. The molecule has 0 aliphatic carbocycles. The van der Waals surface area contributed by atoms with E-state index in [4.69, 9.17) is 4.74 Å². The summed E-state index contributed by atoms with van der Waals surface area (Å²) in [7, 11) is 0. The highest BCUT2D eigenvalue weighted by molar-refractivity contribution is 5.48. The number of fused-ring (bicyclic) bond motifs is 1. The highest BCUT2D eigenvalue weighted by Gasteiger charge is 2.36. The molecule has 0 fully saturated rings. The lowest BCUT2D eigenvalue weighted by Gasteiger charge is -2.36. The molecular formula is C20H24O2. The third-order valence-electron chi connectivity index (χ3n) is 4.88. The molecule has 1 aliphatic heterocycles. The Morgan fingerprint density at radius 1 is 0.909 bits per heavy atom. The first-order chi connectivity index (χ1) is 10.4. The fraction of sp³-hybridized carbons (Fsp3) is 0.400. The summed E-state index contributed by atoms with van der Waals surface area (Å²) in [5.41, 5.74) is 7.06. The topological polar surface area (TPSA) is 29.5 Å². The maximum absolute atomic E-state index is 10.8. The van der Waals surface area contributed by atoms with Gasteiger partial charge in [-0.25, -0.2) is 0 Å². The molecule has 22 heavy (non-hydrogen) atoms. The van der Waals surface area contributed by atoms with E-state index in [2.05, 4.69) is 65.0 Å². The van der Waals surface area contributed by atoms with Gasteiger partial charge in [0.2, 0.25) is 0 Å². The van der Waals surface area contributed by atoms with Crippen LogP contribution in [0.5, 0.6) is 5.75 Å². The quantitative estimate of drug-likeness (QED) is 0.838. The predicted molar refractivity (Wildman–Crippen MR) is 89.6 cm³/mol. The molecule has 0 aromatic heterocycles. The monoisotopic (exact) mass is 296 g/mol. The van der Waals surface area contributed by atoms with Crippen LogP contribution in [0.3, 0.4) is 0 Å². The molecule has 0 saturated heterocycles. The Morgan fingerprint density at radius 2 is 1.64 bits per heavy atom. The number of aryl methyl sites for hydroxylation is 4. The van der Waals surface area contributed by atoms with Gasteiger partial charge in [0.25, 0.3) is 0 Å². The Morgan fingerprint density at radius 3 is 2.32 bits per heavy atom. The van der Waals surface area contributed by atoms with E-state index < -0.39 is 6.10 Å². The van der Waals surface area contributed by atoms with Crippen LogP contribution in [-0.4, -0.2) is 11.2 Å². The average Bonchev–Trinajstić information content (AvgIpc) is 2.45. The molecule has 0 spiro atoms. The Hall–Kier alpha value is -1.80. The van der Waals surface area contributed by atoms with Crippen molar-refractivity contribution < 1.29 is 9.84 Å². The molecule has 0 bridgehead atoms. The fourth-order valence-corrected chi connectivity index (χ4v) is 3.47. The number of benzene rings is 2. The molecule has 1 heterocycles. The molecule has 1 N–H and O–H groups in total. The van der Waals surface area contributed by atoms with Gasteiger partial charge in [-0.15, -0.1) is 0 Å². The number of aliphatic hydroxyl groups is 1. The van der Waals surface area contributed by atoms with Gasteiger partial charge in [-0.3, -0.25) is 0 Å². The van der Waals surface area contributed by atoms with Crippen molar-refractivity contribution in [2.75, 3.05) is 0 Å². The minimum absolute atomic E-state index is 0.0657. The van der Waals surface area contributed by atoms with E-state index in [1.165, 1.54) is 22.3 Å². The van der Waals surface area contributed by atoms with Gasteiger partial charge in [0.1, 0.15) is 11.9 Å². The van der Waals surface area contributed by atoms with Crippen LogP contribution in [0.25, 0.3) is 0 Å². The van der Waals surface area contributed by atoms with Gasteiger partial charge in [0.05, 0.1) is 0 Å². The SMILES string of the molecule is Cc1cc(C)c2c(c1)O[C@H](c1ccc(C)c(C)c1)[C@@H](O)C2C. The lowest BCUT2D eigenvalue weighted by Crippen LogP contribution is -2.33. The van der Waals surface area contributed by atoms with E-state index in [0.29, 0.717) is 0 Å². The van der Waals surface area contributed by atoms with Crippen LogP contribution < -0.4 is 4.74 Å². The van der Waals surface area contributed by atoms with E-state index in [1.807, 2.05) is 0 Å². The lowest BCUT2D eigenvalue weighted by molar-refractivity contribution is 0.00349. The number of hydrogen-bond acceptors (Lipinski definition) is 2. The predicted octanol–water partition coefficient (Wildman–Crippen LogP) is 4.52. The largest absolute Gasteiger partial charge is 0.483 e. The third-order valence-corrected chi connectivity index (χ3v) is 4.88. The van der Waals surface area contributed by atoms with Crippen molar-refractivity contribution in [3.8, 4) is 5.75 Å². The highest BCUT2D eigenvalue weighted by atomic mass is 16.5. The van der Waals surface area contributed by atoms with Crippen molar-refractivity contribution >= 4 is 0 Å². The third kappa shape index (κ3) is 2.42. The Labute approximate surface area is 132 Å². The second-order valence-corrected chi connectivity index (χ2v) is 6.66. The lowest BCUT2D eigenvalue weighted by atomic mass is 9.83. The van der Waals surface area contributed by atoms with Gasteiger partial charge in [-0.1, -0.05) is 31.2 Å². The van der Waals surface area contributed by atoms with Crippen LogP contribution in [0.15, 0.2) is 30.3 Å². The summed E-state index contributed by atoms with van der Waals surface area (Å²) in [6, 6.07) is 10.5. The Kier molecular flexibility index (Phi) is 3.73. The summed E-state index contributed by atoms with van der Waals surface area (Å²) in [6.45, 7) is 10.5. The zero-order valence-electron chi connectivity index (χ0n) is 14.0. The second kappa shape index (κ2) is 5.44. The molecule has 2 nitrogen and oxygen atoms in total. The first-order valence-corrected chi connectivity index (χ1v) is 7.91. The van der Waals surface area contributed by atoms with Crippen molar-refractivity contribution in [3.63, 3.8) is 0 Å². The summed E-state index contributed by atoms with van der Waals surface area (Å²) in [5, 5.41) is 10.8. The minimum Gasteiger partial charge on any atom is -0.483 e. The van der Waals surface area contributed by atoms with Crippen LogP contribution in [0.1, 0.15) is 52.3 Å². The molecule has 1 unspecified atom stereocenters. The summed E-state index contributed by atoms with van der Waals surface area (Å²) < 4.78 is 6.21. The van der Waals surface area contributed by atoms with Gasteiger partial charge < -0.3 is 9.84 Å². The Bertz CT molecular complexity index is 718. The zero-order chi connectivity index (χ0) is 16.0. The van der Waals surface area contributed by atoms with Crippen LogP contribution in [-0.2, 0) is 0 Å². The van der Waals surface area contributed by atoms with Crippen LogP contribution in [0, 0.1) is 27.7 Å². The maximum Gasteiger partial charge on any atom is 0.150 e. The molecule has 2 heteroatoms. The highest BCUT2D eigenvalue weighted by Crippen LogP contribution is 2.44.